The highest BCUT2D eigenvalue weighted by molar-refractivity contribution is 5.99. The summed E-state index contributed by atoms with van der Waals surface area (Å²) in [5.41, 5.74) is 0.568. The molecule has 1 rings (SSSR count). The summed E-state index contributed by atoms with van der Waals surface area (Å²) in [5, 5.41) is 5.55. The van der Waals surface area contributed by atoms with Crippen molar-refractivity contribution >= 4 is 11.6 Å². The molecule has 5 heteroatoms. The molecule has 0 aliphatic carbocycles. The second kappa shape index (κ2) is 7.85. The summed E-state index contributed by atoms with van der Waals surface area (Å²) >= 11 is 0. The molecule has 0 spiro atoms. The molecule has 1 aromatic rings. The average Bonchev–Trinajstić information content (AvgIpc) is 2.45. The number of amides is 1. The Balaban J connectivity index is 2.58. The molecule has 4 nitrogen and oxygen atoms in total. The Labute approximate surface area is 120 Å². The van der Waals surface area contributed by atoms with Crippen LogP contribution >= 0.6 is 0 Å². The molecule has 0 bridgehead atoms. The molecule has 0 saturated carbocycles. The Morgan fingerprint density at radius 1 is 1.45 bits per heavy atom. The van der Waals surface area contributed by atoms with E-state index in [4.69, 9.17) is 0 Å². The summed E-state index contributed by atoms with van der Waals surface area (Å²) in [6, 6.07) is 4.96. The zero-order chi connectivity index (χ0) is 15.1. The molecule has 0 aliphatic rings. The van der Waals surface area contributed by atoms with Gasteiger partial charge in [-0.15, -0.1) is 0 Å². The van der Waals surface area contributed by atoms with E-state index >= 15 is 0 Å². The predicted octanol–water partition coefficient (Wildman–Crippen LogP) is 2.33. The van der Waals surface area contributed by atoms with Gasteiger partial charge >= 0.3 is 0 Å². The summed E-state index contributed by atoms with van der Waals surface area (Å²) in [7, 11) is 3.63. The zero-order valence-electron chi connectivity index (χ0n) is 12.7. The minimum atomic E-state index is -0.420. The summed E-state index contributed by atoms with van der Waals surface area (Å²) in [6.07, 6.45) is 1.07. The van der Waals surface area contributed by atoms with Crippen molar-refractivity contribution in [2.45, 2.75) is 26.3 Å². The lowest BCUT2D eigenvalue weighted by Crippen LogP contribution is -2.37. The first-order chi connectivity index (χ1) is 9.51. The number of nitrogens with one attached hydrogen (secondary N) is 2. The van der Waals surface area contributed by atoms with Crippen molar-refractivity contribution < 1.29 is 9.18 Å². The molecule has 1 aromatic carbocycles. The summed E-state index contributed by atoms with van der Waals surface area (Å²) in [6.45, 7) is 5.59. The number of hydrogen-bond donors (Lipinski definition) is 2. The van der Waals surface area contributed by atoms with Gasteiger partial charge in [0.1, 0.15) is 5.82 Å². The maximum absolute atomic E-state index is 13.6. The predicted molar refractivity (Wildman–Crippen MR) is 80.7 cm³/mol. The van der Waals surface area contributed by atoms with Crippen LogP contribution < -0.4 is 10.6 Å². The van der Waals surface area contributed by atoms with Crippen molar-refractivity contribution in [3.8, 4) is 0 Å². The number of halogens is 1. The quantitative estimate of drug-likeness (QED) is 0.806. The fraction of sp³-hybridized carbons (Fsp3) is 0.533. The number of nitrogens with zero attached hydrogens (tertiary/aromatic N) is 1. The van der Waals surface area contributed by atoms with Crippen LogP contribution in [0, 0.1) is 5.82 Å². The average molecular weight is 281 g/mol. The molecule has 0 saturated heterocycles. The number of anilines is 1. The standard InChI is InChI=1S/C15H24FN3O/c1-5-11(2)19(4)10-9-18-15(20)12-7-6-8-13(16)14(12)17-3/h6-8,11,17H,5,9-10H2,1-4H3,(H,18,20). The maximum atomic E-state index is 13.6. The first kappa shape index (κ1) is 16.4. The van der Waals surface area contributed by atoms with Crippen molar-refractivity contribution in [1.29, 1.82) is 0 Å². The van der Waals surface area contributed by atoms with Gasteiger partial charge in [-0.1, -0.05) is 13.0 Å². The van der Waals surface area contributed by atoms with E-state index in [1.165, 1.54) is 12.1 Å². The molecule has 20 heavy (non-hydrogen) atoms. The first-order valence-electron chi connectivity index (χ1n) is 6.96. The molecular formula is C15H24FN3O. The van der Waals surface area contributed by atoms with E-state index in [0.717, 1.165) is 13.0 Å². The highest BCUT2D eigenvalue weighted by Gasteiger charge is 2.14. The minimum absolute atomic E-state index is 0.236. The van der Waals surface area contributed by atoms with E-state index < -0.39 is 5.82 Å². The number of hydrogen-bond acceptors (Lipinski definition) is 3. The molecule has 0 fully saturated rings. The molecule has 112 valence electrons. The van der Waals surface area contributed by atoms with Crippen LogP contribution in [0.5, 0.6) is 0 Å². The smallest absolute Gasteiger partial charge is 0.253 e. The van der Waals surface area contributed by atoms with Gasteiger partial charge in [0.25, 0.3) is 5.91 Å². The molecule has 1 unspecified atom stereocenters. The third-order valence-electron chi connectivity index (χ3n) is 3.60. The van der Waals surface area contributed by atoms with E-state index in [-0.39, 0.29) is 11.6 Å². The van der Waals surface area contributed by atoms with Crippen molar-refractivity contribution in [1.82, 2.24) is 10.2 Å². The van der Waals surface area contributed by atoms with Crippen molar-refractivity contribution in [3.63, 3.8) is 0 Å². The molecular weight excluding hydrogens is 257 g/mol. The van der Waals surface area contributed by atoms with Gasteiger partial charge < -0.3 is 15.5 Å². The van der Waals surface area contributed by atoms with Gasteiger partial charge in [0.15, 0.2) is 0 Å². The summed E-state index contributed by atoms with van der Waals surface area (Å²) < 4.78 is 13.6. The molecule has 0 radical (unpaired) electrons. The van der Waals surface area contributed by atoms with Gasteiger partial charge in [0, 0.05) is 26.2 Å². The molecule has 2 N–H and O–H groups in total. The van der Waals surface area contributed by atoms with Crippen LogP contribution in [0.15, 0.2) is 18.2 Å². The fourth-order valence-corrected chi connectivity index (χ4v) is 1.94. The molecule has 1 atom stereocenters. The second-order valence-electron chi connectivity index (χ2n) is 4.91. The third kappa shape index (κ3) is 4.20. The normalized spacial score (nSPS) is 12.3. The topological polar surface area (TPSA) is 44.4 Å². The minimum Gasteiger partial charge on any atom is -0.385 e. The first-order valence-corrected chi connectivity index (χ1v) is 6.96. The van der Waals surface area contributed by atoms with Gasteiger partial charge in [-0.3, -0.25) is 4.79 Å². The molecule has 0 aliphatic heterocycles. The Kier molecular flexibility index (Phi) is 6.45. The Bertz CT molecular complexity index is 451. The summed E-state index contributed by atoms with van der Waals surface area (Å²) in [4.78, 5) is 14.2. The van der Waals surface area contributed by atoms with E-state index in [1.807, 2.05) is 7.05 Å². The van der Waals surface area contributed by atoms with Gasteiger partial charge in [0.2, 0.25) is 0 Å². The molecule has 1 amide bonds. The van der Waals surface area contributed by atoms with Gasteiger partial charge in [-0.25, -0.2) is 4.39 Å². The van der Waals surface area contributed by atoms with Crippen LogP contribution in [0.2, 0.25) is 0 Å². The number of carbonyl (C=O) groups is 1. The number of carbonyl (C=O) groups excluding carboxylic acids is 1. The zero-order valence-corrected chi connectivity index (χ0v) is 12.7. The van der Waals surface area contributed by atoms with E-state index in [9.17, 15) is 9.18 Å². The highest BCUT2D eigenvalue weighted by Crippen LogP contribution is 2.18. The Morgan fingerprint density at radius 2 is 2.15 bits per heavy atom. The largest absolute Gasteiger partial charge is 0.385 e. The van der Waals surface area contributed by atoms with Crippen LogP contribution in [0.25, 0.3) is 0 Å². The van der Waals surface area contributed by atoms with Crippen molar-refractivity contribution in [2.75, 3.05) is 32.5 Å². The number of benzene rings is 1. The molecule has 0 heterocycles. The SMILES string of the molecule is CCC(C)N(C)CCNC(=O)c1cccc(F)c1NC. The van der Waals surface area contributed by atoms with Gasteiger partial charge in [0.05, 0.1) is 11.3 Å². The monoisotopic (exact) mass is 281 g/mol. The van der Waals surface area contributed by atoms with E-state index in [2.05, 4.69) is 29.4 Å². The van der Waals surface area contributed by atoms with Crippen molar-refractivity contribution in [2.24, 2.45) is 0 Å². The lowest BCUT2D eigenvalue weighted by Gasteiger charge is -2.23. The fourth-order valence-electron chi connectivity index (χ4n) is 1.94. The number of likely N-dealkylation sites (N-methyl/N-ethyl adjacent to an activating group) is 1. The van der Waals surface area contributed by atoms with Crippen molar-refractivity contribution in [3.05, 3.63) is 29.6 Å². The Hall–Kier alpha value is -1.62. The van der Waals surface area contributed by atoms with Crippen LogP contribution in [-0.4, -0.2) is 44.0 Å². The van der Waals surface area contributed by atoms with E-state index in [1.54, 1.807) is 13.1 Å². The lowest BCUT2D eigenvalue weighted by atomic mass is 10.1. The van der Waals surface area contributed by atoms with Crippen LogP contribution in [0.1, 0.15) is 30.6 Å². The second-order valence-corrected chi connectivity index (χ2v) is 4.91. The van der Waals surface area contributed by atoms with Crippen LogP contribution in [0.4, 0.5) is 10.1 Å². The molecule has 0 aromatic heterocycles. The number of para-hydroxylation sites is 1. The van der Waals surface area contributed by atoms with Crippen LogP contribution in [-0.2, 0) is 0 Å². The van der Waals surface area contributed by atoms with Crippen LogP contribution in [0.3, 0.4) is 0 Å². The Morgan fingerprint density at radius 3 is 2.75 bits per heavy atom. The van der Waals surface area contributed by atoms with Gasteiger partial charge in [-0.2, -0.15) is 0 Å². The van der Waals surface area contributed by atoms with Gasteiger partial charge in [-0.05, 0) is 32.5 Å². The third-order valence-corrected chi connectivity index (χ3v) is 3.60. The van der Waals surface area contributed by atoms with E-state index in [0.29, 0.717) is 18.2 Å². The maximum Gasteiger partial charge on any atom is 0.253 e. The number of rotatable bonds is 7. The lowest BCUT2D eigenvalue weighted by molar-refractivity contribution is 0.0948. The highest BCUT2D eigenvalue weighted by atomic mass is 19.1. The summed E-state index contributed by atoms with van der Waals surface area (Å²) in [5.74, 6) is -0.678.